The third-order valence-corrected chi connectivity index (χ3v) is 8.70. The van der Waals surface area contributed by atoms with Crippen molar-refractivity contribution in [2.24, 2.45) is 5.92 Å². The molecule has 2 fully saturated rings. The molecule has 5 rings (SSSR count). The van der Waals surface area contributed by atoms with Gasteiger partial charge in [-0.05, 0) is 60.2 Å². The molecule has 3 aromatic rings. The van der Waals surface area contributed by atoms with Crippen LogP contribution in [0.3, 0.4) is 0 Å². The molecule has 1 saturated heterocycles. The number of fused-ring (bicyclic) bond motifs is 1. The van der Waals surface area contributed by atoms with Crippen LogP contribution in [0.5, 0.6) is 0 Å². The fourth-order valence-electron chi connectivity index (χ4n) is 6.09. The second-order valence-electron chi connectivity index (χ2n) is 12.4. The van der Waals surface area contributed by atoms with E-state index in [-0.39, 0.29) is 49.2 Å². The zero-order chi connectivity index (χ0) is 31.4. The van der Waals surface area contributed by atoms with E-state index >= 15 is 0 Å². The monoisotopic (exact) mass is 616 g/mol. The molecule has 1 heterocycles. The van der Waals surface area contributed by atoms with E-state index in [1.807, 2.05) is 62.4 Å². The molecule has 2 aliphatic rings. The molecule has 1 saturated carbocycles. The number of benzene rings is 3. The molecule has 44 heavy (non-hydrogen) atoms. The minimum absolute atomic E-state index is 0.0897. The van der Waals surface area contributed by atoms with E-state index in [1.54, 1.807) is 21.9 Å². The highest BCUT2D eigenvalue weighted by Crippen LogP contribution is 2.36. The number of amides is 4. The van der Waals surface area contributed by atoms with Crippen LogP contribution in [-0.2, 0) is 32.0 Å². The molecule has 232 valence electrons. The highest BCUT2D eigenvalue weighted by atomic mass is 35.5. The summed E-state index contributed by atoms with van der Waals surface area (Å²) in [5.74, 6) is -0.661. The number of carbonyl (C=O) groups excluding carboxylic acids is 4. The fourth-order valence-corrected chi connectivity index (χ4v) is 6.22. The van der Waals surface area contributed by atoms with Gasteiger partial charge in [-0.2, -0.15) is 0 Å². The predicted octanol–water partition coefficient (Wildman–Crippen LogP) is 4.52. The summed E-state index contributed by atoms with van der Waals surface area (Å²) in [5, 5.41) is 8.61. The molecule has 2 N–H and O–H groups in total. The second kappa shape index (κ2) is 13.8. The number of rotatable bonds is 11. The Kier molecular flexibility index (Phi) is 9.89. The third kappa shape index (κ3) is 7.78. The fraction of sp³-hybridized carbons (Fsp3) is 0.429. The van der Waals surface area contributed by atoms with Crippen molar-refractivity contribution in [1.29, 1.82) is 0 Å². The molecule has 3 atom stereocenters. The highest BCUT2D eigenvalue weighted by Gasteiger charge is 2.45. The molecule has 0 bridgehead atoms. The number of hydrogen-bond donors (Lipinski definition) is 2. The number of piperazine rings is 1. The summed E-state index contributed by atoms with van der Waals surface area (Å²) in [5.41, 5.74) is 1.82. The molecule has 3 aromatic carbocycles. The van der Waals surface area contributed by atoms with Crippen LogP contribution in [0.1, 0.15) is 51.2 Å². The standard InChI is InChI=1S/C35H41ClN4O4/c1-22(2)37-33(42)31(21-26-10-13-27-6-4-5-7-28(27)18-26)39-16-17-40(32(35(39)44)20-25-8-9-25)34(43)30(38-23(3)41)19-24-11-14-29(36)15-12-24/h4-7,10-15,18,22,25,30-32H,8-9,16-17,19-21H2,1-3H3,(H,37,42)(H,38,41)/t30-,31+,32+/m1/s1. The lowest BCUT2D eigenvalue weighted by Crippen LogP contribution is -2.66. The molecule has 4 amide bonds. The van der Waals surface area contributed by atoms with E-state index in [2.05, 4.69) is 16.7 Å². The first-order valence-electron chi connectivity index (χ1n) is 15.5. The van der Waals surface area contributed by atoms with Crippen molar-refractivity contribution in [3.8, 4) is 0 Å². The van der Waals surface area contributed by atoms with Crippen LogP contribution in [0, 0.1) is 5.92 Å². The van der Waals surface area contributed by atoms with Crippen molar-refractivity contribution in [2.75, 3.05) is 13.1 Å². The minimum Gasteiger partial charge on any atom is -0.352 e. The lowest BCUT2D eigenvalue weighted by molar-refractivity contribution is -0.157. The van der Waals surface area contributed by atoms with Crippen molar-refractivity contribution < 1.29 is 19.2 Å². The average molecular weight is 617 g/mol. The molecule has 0 unspecified atom stereocenters. The molecule has 1 aliphatic carbocycles. The number of carbonyl (C=O) groups is 4. The van der Waals surface area contributed by atoms with Crippen LogP contribution < -0.4 is 10.6 Å². The average Bonchev–Trinajstić information content (AvgIpc) is 3.81. The normalized spacial score (nSPS) is 18.3. The Morgan fingerprint density at radius 3 is 2.23 bits per heavy atom. The van der Waals surface area contributed by atoms with Crippen molar-refractivity contribution in [2.45, 2.75) is 77.0 Å². The number of nitrogens with one attached hydrogen (secondary N) is 2. The van der Waals surface area contributed by atoms with Crippen LogP contribution in [0.25, 0.3) is 10.8 Å². The van der Waals surface area contributed by atoms with E-state index in [9.17, 15) is 19.2 Å². The van der Waals surface area contributed by atoms with Gasteiger partial charge >= 0.3 is 0 Å². The number of nitrogens with zero attached hydrogens (tertiary/aromatic N) is 2. The van der Waals surface area contributed by atoms with Crippen molar-refractivity contribution in [3.05, 3.63) is 82.9 Å². The van der Waals surface area contributed by atoms with E-state index in [1.165, 1.54) is 6.92 Å². The van der Waals surface area contributed by atoms with Gasteiger partial charge < -0.3 is 20.4 Å². The number of halogens is 1. The zero-order valence-corrected chi connectivity index (χ0v) is 26.3. The summed E-state index contributed by atoms with van der Waals surface area (Å²) in [7, 11) is 0. The summed E-state index contributed by atoms with van der Waals surface area (Å²) in [6.07, 6.45) is 3.22. The van der Waals surface area contributed by atoms with Crippen molar-refractivity contribution in [1.82, 2.24) is 20.4 Å². The van der Waals surface area contributed by atoms with E-state index in [0.717, 1.165) is 34.7 Å². The molecular weight excluding hydrogens is 576 g/mol. The van der Waals surface area contributed by atoms with E-state index < -0.39 is 18.1 Å². The maximum atomic E-state index is 14.3. The van der Waals surface area contributed by atoms with Gasteiger partial charge in [0, 0.05) is 43.9 Å². The van der Waals surface area contributed by atoms with Gasteiger partial charge in [0.25, 0.3) is 0 Å². The third-order valence-electron chi connectivity index (χ3n) is 8.44. The molecule has 0 spiro atoms. The summed E-state index contributed by atoms with van der Waals surface area (Å²) in [6.45, 7) is 5.70. The van der Waals surface area contributed by atoms with E-state index in [0.29, 0.717) is 23.8 Å². The first kappa shape index (κ1) is 31.5. The maximum absolute atomic E-state index is 14.3. The first-order chi connectivity index (χ1) is 21.1. The summed E-state index contributed by atoms with van der Waals surface area (Å²) >= 11 is 6.06. The summed E-state index contributed by atoms with van der Waals surface area (Å²) < 4.78 is 0. The Morgan fingerprint density at radius 1 is 0.886 bits per heavy atom. The highest BCUT2D eigenvalue weighted by molar-refractivity contribution is 6.30. The second-order valence-corrected chi connectivity index (χ2v) is 12.8. The largest absolute Gasteiger partial charge is 0.352 e. The van der Waals surface area contributed by atoms with Gasteiger partial charge in [0.2, 0.25) is 23.6 Å². The quantitative estimate of drug-likeness (QED) is 0.331. The Balaban J connectivity index is 1.41. The lowest BCUT2D eigenvalue weighted by atomic mass is 9.96. The molecule has 0 aromatic heterocycles. The lowest BCUT2D eigenvalue weighted by Gasteiger charge is -2.44. The molecule has 9 heteroatoms. The van der Waals surface area contributed by atoms with Crippen molar-refractivity contribution in [3.63, 3.8) is 0 Å². The topological polar surface area (TPSA) is 98.8 Å². The Hall–Kier alpha value is -3.91. The van der Waals surface area contributed by atoms with E-state index in [4.69, 9.17) is 11.6 Å². The minimum atomic E-state index is -0.827. The number of hydrogen-bond acceptors (Lipinski definition) is 4. The Morgan fingerprint density at radius 2 is 1.57 bits per heavy atom. The van der Waals surface area contributed by atoms with Gasteiger partial charge in [-0.15, -0.1) is 0 Å². The zero-order valence-electron chi connectivity index (χ0n) is 25.6. The van der Waals surface area contributed by atoms with Gasteiger partial charge in [-0.1, -0.05) is 79.0 Å². The van der Waals surface area contributed by atoms with Crippen LogP contribution >= 0.6 is 11.6 Å². The molecule has 8 nitrogen and oxygen atoms in total. The Labute approximate surface area is 264 Å². The first-order valence-corrected chi connectivity index (χ1v) is 15.9. The summed E-state index contributed by atoms with van der Waals surface area (Å²) in [4.78, 5) is 57.5. The van der Waals surface area contributed by atoms with Gasteiger partial charge in [0.1, 0.15) is 18.1 Å². The van der Waals surface area contributed by atoms with Crippen LogP contribution in [0.4, 0.5) is 0 Å². The molecule has 1 aliphatic heterocycles. The predicted molar refractivity (Wildman–Crippen MR) is 172 cm³/mol. The molecule has 0 radical (unpaired) electrons. The maximum Gasteiger partial charge on any atom is 0.246 e. The molecular formula is C35H41ClN4O4. The Bertz CT molecular complexity index is 1520. The van der Waals surface area contributed by atoms with Crippen LogP contribution in [0.2, 0.25) is 5.02 Å². The SMILES string of the molecule is CC(=O)N[C@H](Cc1ccc(Cl)cc1)C(=O)N1CCN([C@@H](Cc2ccc3ccccc3c2)C(=O)NC(C)C)C(=O)[C@@H]1CC1CC1. The van der Waals surface area contributed by atoms with Gasteiger partial charge in [-0.25, -0.2) is 0 Å². The van der Waals surface area contributed by atoms with Crippen LogP contribution in [0.15, 0.2) is 66.7 Å². The van der Waals surface area contributed by atoms with Gasteiger partial charge in [0.15, 0.2) is 0 Å². The van der Waals surface area contributed by atoms with Crippen LogP contribution in [-0.4, -0.2) is 70.7 Å². The summed E-state index contributed by atoms with van der Waals surface area (Å²) in [6, 6.07) is 19.0. The van der Waals surface area contributed by atoms with Gasteiger partial charge in [0.05, 0.1) is 0 Å². The van der Waals surface area contributed by atoms with Crippen molar-refractivity contribution >= 4 is 46.0 Å². The van der Waals surface area contributed by atoms with Gasteiger partial charge in [-0.3, -0.25) is 19.2 Å². The smallest absolute Gasteiger partial charge is 0.246 e.